The first-order valence-electron chi connectivity index (χ1n) is 3.86. The Labute approximate surface area is 71.9 Å². The Morgan fingerprint density at radius 3 is 2.25 bits per heavy atom. The smallest absolute Gasteiger partial charge is 0.349 e. The molecule has 0 amide bonds. The highest BCUT2D eigenvalue weighted by molar-refractivity contribution is 6.35. The maximum absolute atomic E-state index is 10.5. The Kier molecular flexibility index (Phi) is 3.89. The Hall–Kier alpha value is -0.900. The number of carboxylic acid groups (broad SMARTS) is 1. The van der Waals surface area contributed by atoms with Gasteiger partial charge in [-0.3, -0.25) is 4.99 Å². The molecule has 0 saturated heterocycles. The fraction of sp³-hybridized carbons (Fsp3) is 0.750. The number of rotatable bonds is 4. The zero-order chi connectivity index (χ0) is 9.78. The summed E-state index contributed by atoms with van der Waals surface area (Å²) in [6, 6.07) is 0. The molecule has 0 fully saturated rings. The van der Waals surface area contributed by atoms with Gasteiger partial charge in [-0.2, -0.15) is 0 Å². The van der Waals surface area contributed by atoms with Gasteiger partial charge in [0.2, 0.25) is 0 Å². The highest BCUT2D eigenvalue weighted by atomic mass is 16.4. The van der Waals surface area contributed by atoms with Crippen LogP contribution in [0.2, 0.25) is 0 Å². The zero-order valence-electron chi connectivity index (χ0n) is 7.66. The Morgan fingerprint density at radius 1 is 1.50 bits per heavy atom. The molecule has 0 aromatic heterocycles. The van der Waals surface area contributed by atoms with Crippen LogP contribution in [0.3, 0.4) is 0 Å². The minimum Gasteiger partial charge on any atom is -0.477 e. The van der Waals surface area contributed by atoms with Crippen LogP contribution < -0.4 is 0 Å². The van der Waals surface area contributed by atoms with Crippen LogP contribution in [0.5, 0.6) is 0 Å². The van der Waals surface area contributed by atoms with E-state index in [4.69, 9.17) is 10.2 Å². The molecule has 0 bridgehead atoms. The largest absolute Gasteiger partial charge is 0.477 e. The van der Waals surface area contributed by atoms with Crippen molar-refractivity contribution in [3.8, 4) is 0 Å². The predicted octanol–water partition coefficient (Wildman–Crippen LogP) is 0.693. The van der Waals surface area contributed by atoms with Crippen LogP contribution in [-0.2, 0) is 4.79 Å². The third-order valence-corrected chi connectivity index (χ3v) is 1.41. The molecule has 4 nitrogen and oxygen atoms in total. The lowest BCUT2D eigenvalue weighted by molar-refractivity contribution is -0.129. The number of aliphatic imine (C=N–C) groups is 1. The molecule has 2 N–H and O–H groups in total. The number of hydrogen-bond acceptors (Lipinski definition) is 3. The van der Waals surface area contributed by atoms with E-state index in [1.807, 2.05) is 0 Å². The van der Waals surface area contributed by atoms with Gasteiger partial charge in [0.15, 0.2) is 0 Å². The molecule has 0 unspecified atom stereocenters. The second kappa shape index (κ2) is 4.21. The van der Waals surface area contributed by atoms with Gasteiger partial charge in [0.25, 0.3) is 0 Å². The molecule has 12 heavy (non-hydrogen) atoms. The molecule has 0 spiro atoms. The summed E-state index contributed by atoms with van der Waals surface area (Å²) in [5.41, 5.74) is -0.585. The fourth-order valence-electron chi connectivity index (χ4n) is 0.679. The number of aliphatic hydroxyl groups is 1. The van der Waals surface area contributed by atoms with E-state index >= 15 is 0 Å². The van der Waals surface area contributed by atoms with Gasteiger partial charge >= 0.3 is 5.97 Å². The van der Waals surface area contributed by atoms with Gasteiger partial charge in [-0.05, 0) is 20.3 Å². The van der Waals surface area contributed by atoms with Gasteiger partial charge < -0.3 is 10.2 Å². The van der Waals surface area contributed by atoms with Crippen molar-refractivity contribution in [2.45, 2.75) is 32.7 Å². The highest BCUT2D eigenvalue weighted by Crippen LogP contribution is 2.08. The summed E-state index contributed by atoms with van der Waals surface area (Å²) in [6.07, 6.45) is 0.374. The molecule has 0 aromatic carbocycles. The summed E-state index contributed by atoms with van der Waals surface area (Å²) in [5, 5.41) is 17.4. The van der Waals surface area contributed by atoms with Crippen molar-refractivity contribution in [2.75, 3.05) is 6.61 Å². The molecule has 0 atom stereocenters. The molecular formula is C8H15NO3. The number of hydrogen-bond donors (Lipinski definition) is 2. The van der Waals surface area contributed by atoms with Crippen molar-refractivity contribution in [3.63, 3.8) is 0 Å². The minimum atomic E-state index is -1.01. The Morgan fingerprint density at radius 2 is 2.00 bits per heavy atom. The van der Waals surface area contributed by atoms with Crippen LogP contribution in [0.4, 0.5) is 0 Å². The molecular weight excluding hydrogens is 158 g/mol. The summed E-state index contributed by atoms with van der Waals surface area (Å²) in [6.45, 7) is 4.95. The van der Waals surface area contributed by atoms with Crippen LogP contribution >= 0.6 is 0 Å². The topological polar surface area (TPSA) is 69.9 Å². The number of aliphatic carboxylic acids is 1. The molecule has 0 saturated carbocycles. The molecule has 0 heterocycles. The van der Waals surface area contributed by atoms with Crippen LogP contribution in [0.15, 0.2) is 4.99 Å². The number of carbonyl (C=O) groups is 1. The second-order valence-electron chi connectivity index (χ2n) is 3.19. The minimum absolute atomic E-state index is 0.106. The first-order valence-corrected chi connectivity index (χ1v) is 3.86. The van der Waals surface area contributed by atoms with Gasteiger partial charge in [0, 0.05) is 0 Å². The van der Waals surface area contributed by atoms with E-state index in [0.29, 0.717) is 6.42 Å². The van der Waals surface area contributed by atoms with E-state index in [2.05, 4.69) is 4.99 Å². The third kappa shape index (κ3) is 3.48. The number of nitrogens with zero attached hydrogens (tertiary/aromatic N) is 1. The maximum atomic E-state index is 10.5. The molecule has 0 aliphatic rings. The lowest BCUT2D eigenvalue weighted by Gasteiger charge is -2.16. The quantitative estimate of drug-likeness (QED) is 0.614. The van der Waals surface area contributed by atoms with Crippen molar-refractivity contribution in [3.05, 3.63) is 0 Å². The summed E-state index contributed by atoms with van der Waals surface area (Å²) < 4.78 is 0. The molecule has 0 rings (SSSR count). The Balaban J connectivity index is 4.59. The third-order valence-electron chi connectivity index (χ3n) is 1.41. The predicted molar refractivity (Wildman–Crippen MR) is 46.5 cm³/mol. The van der Waals surface area contributed by atoms with Crippen LogP contribution in [0.25, 0.3) is 0 Å². The average Bonchev–Trinajstić information content (AvgIpc) is 2.00. The van der Waals surface area contributed by atoms with E-state index in [9.17, 15) is 4.79 Å². The van der Waals surface area contributed by atoms with Crippen LogP contribution in [-0.4, -0.2) is 34.0 Å². The lowest BCUT2D eigenvalue weighted by Crippen LogP contribution is -2.26. The van der Waals surface area contributed by atoms with Crippen molar-refractivity contribution < 1.29 is 15.0 Å². The van der Waals surface area contributed by atoms with Gasteiger partial charge in [-0.1, -0.05) is 6.92 Å². The lowest BCUT2D eigenvalue weighted by atomic mass is 10.1. The van der Waals surface area contributed by atoms with Gasteiger partial charge in [-0.25, -0.2) is 4.79 Å². The van der Waals surface area contributed by atoms with Gasteiger partial charge in [0.05, 0.1) is 12.1 Å². The van der Waals surface area contributed by atoms with Crippen LogP contribution in [0, 0.1) is 0 Å². The molecule has 70 valence electrons. The Bertz CT molecular complexity index is 196. The summed E-state index contributed by atoms with van der Waals surface area (Å²) in [5.74, 6) is -1.01. The zero-order valence-corrected chi connectivity index (χ0v) is 7.66. The van der Waals surface area contributed by atoms with E-state index < -0.39 is 11.5 Å². The molecule has 4 heteroatoms. The second-order valence-corrected chi connectivity index (χ2v) is 3.19. The highest BCUT2D eigenvalue weighted by Gasteiger charge is 2.17. The van der Waals surface area contributed by atoms with E-state index in [0.717, 1.165) is 0 Å². The first-order chi connectivity index (χ1) is 5.43. The number of carboxylic acids is 1. The normalized spacial score (nSPS) is 13.2. The summed E-state index contributed by atoms with van der Waals surface area (Å²) in [7, 11) is 0. The van der Waals surface area contributed by atoms with Gasteiger partial charge in [0.1, 0.15) is 5.71 Å². The first kappa shape index (κ1) is 11.1. The SMILES string of the molecule is CCC(=NC(C)(C)CO)C(=O)O. The standard InChI is InChI=1S/C8H15NO3/c1-4-6(7(11)12)9-8(2,3)5-10/h10H,4-5H2,1-3H3,(H,11,12). The van der Waals surface area contributed by atoms with Crippen molar-refractivity contribution in [1.29, 1.82) is 0 Å². The molecule has 0 radical (unpaired) electrons. The molecule has 0 aliphatic heterocycles. The number of aliphatic hydroxyl groups excluding tert-OH is 1. The van der Waals surface area contributed by atoms with E-state index in [1.165, 1.54) is 0 Å². The molecule has 0 aromatic rings. The van der Waals surface area contributed by atoms with Crippen molar-refractivity contribution in [2.24, 2.45) is 4.99 Å². The van der Waals surface area contributed by atoms with Gasteiger partial charge in [-0.15, -0.1) is 0 Å². The van der Waals surface area contributed by atoms with E-state index in [1.54, 1.807) is 20.8 Å². The average molecular weight is 173 g/mol. The van der Waals surface area contributed by atoms with Crippen molar-refractivity contribution >= 4 is 11.7 Å². The maximum Gasteiger partial charge on any atom is 0.349 e. The summed E-state index contributed by atoms with van der Waals surface area (Å²) >= 11 is 0. The van der Waals surface area contributed by atoms with Crippen LogP contribution in [0.1, 0.15) is 27.2 Å². The fourth-order valence-corrected chi connectivity index (χ4v) is 0.679. The monoisotopic (exact) mass is 173 g/mol. The van der Waals surface area contributed by atoms with Crippen molar-refractivity contribution in [1.82, 2.24) is 0 Å². The van der Waals surface area contributed by atoms with E-state index in [-0.39, 0.29) is 12.3 Å². The molecule has 0 aliphatic carbocycles. The summed E-state index contributed by atoms with van der Waals surface area (Å²) in [4.78, 5) is 14.4.